The van der Waals surface area contributed by atoms with Gasteiger partial charge >= 0.3 is 0 Å². The van der Waals surface area contributed by atoms with E-state index in [9.17, 15) is 0 Å². The first-order chi connectivity index (χ1) is 6.92. The molecule has 0 saturated carbocycles. The number of nitrogens with zero attached hydrogens (tertiary/aromatic N) is 3. The van der Waals surface area contributed by atoms with Gasteiger partial charge in [-0.1, -0.05) is 0 Å². The number of nitriles is 1. The zero-order valence-corrected chi connectivity index (χ0v) is 7.38. The summed E-state index contributed by atoms with van der Waals surface area (Å²) in [6.45, 7) is 0. The normalized spacial score (nSPS) is 11.9. The molecule has 2 rings (SSSR count). The fourth-order valence-electron chi connectivity index (χ4n) is 1.30. The number of aromatic amines is 1. The van der Waals surface area contributed by atoms with E-state index in [1.165, 1.54) is 6.33 Å². The summed E-state index contributed by atoms with van der Waals surface area (Å²) in [5.74, 6) is -0.316. The van der Waals surface area contributed by atoms with Gasteiger partial charge in [-0.2, -0.15) is 5.26 Å². The molecule has 14 heavy (non-hydrogen) atoms. The first kappa shape index (κ1) is 8.45. The van der Waals surface area contributed by atoms with Gasteiger partial charge in [0.05, 0.1) is 11.8 Å². The van der Waals surface area contributed by atoms with Gasteiger partial charge in [0.1, 0.15) is 12.2 Å². The minimum atomic E-state index is -0.316. The minimum Gasteiger partial charge on any atom is -0.367 e. The van der Waals surface area contributed by atoms with Gasteiger partial charge < -0.3 is 4.98 Å². The third kappa shape index (κ3) is 1.48. The van der Waals surface area contributed by atoms with E-state index in [4.69, 9.17) is 5.26 Å². The first-order valence-electron chi connectivity index (χ1n) is 4.20. The number of H-pyrrole nitrogens is 1. The molecule has 68 valence electrons. The maximum Gasteiger partial charge on any atom is 0.115 e. The smallest absolute Gasteiger partial charge is 0.115 e. The highest BCUT2D eigenvalue weighted by molar-refractivity contribution is 5.31. The van der Waals surface area contributed by atoms with Gasteiger partial charge in [-0.15, -0.1) is 0 Å². The Morgan fingerprint density at radius 3 is 2.93 bits per heavy atom. The van der Waals surface area contributed by atoms with Gasteiger partial charge in [0.25, 0.3) is 0 Å². The van der Waals surface area contributed by atoms with Crippen LogP contribution in [0.1, 0.15) is 17.2 Å². The van der Waals surface area contributed by atoms with E-state index >= 15 is 0 Å². The van der Waals surface area contributed by atoms with Crippen LogP contribution in [0.15, 0.2) is 37.1 Å². The van der Waals surface area contributed by atoms with Crippen molar-refractivity contribution in [3.63, 3.8) is 0 Å². The Balaban J connectivity index is 2.38. The molecule has 0 radical (unpaired) electrons. The second-order valence-electron chi connectivity index (χ2n) is 2.84. The number of hydrogen-bond acceptors (Lipinski definition) is 3. The van der Waals surface area contributed by atoms with Gasteiger partial charge in [-0.3, -0.25) is 0 Å². The summed E-state index contributed by atoms with van der Waals surface area (Å²) >= 11 is 0. The van der Waals surface area contributed by atoms with E-state index in [0.29, 0.717) is 0 Å². The highest BCUT2D eigenvalue weighted by Crippen LogP contribution is 2.20. The quantitative estimate of drug-likeness (QED) is 0.768. The van der Waals surface area contributed by atoms with Crippen LogP contribution < -0.4 is 0 Å². The molecule has 0 saturated heterocycles. The van der Waals surface area contributed by atoms with Gasteiger partial charge in [0, 0.05) is 18.6 Å². The monoisotopic (exact) mass is 184 g/mol. The van der Waals surface area contributed by atoms with E-state index in [1.807, 2.05) is 6.07 Å². The van der Waals surface area contributed by atoms with Crippen LogP contribution in [0.5, 0.6) is 0 Å². The number of hydrogen-bond donors (Lipinski definition) is 1. The zero-order chi connectivity index (χ0) is 9.80. The van der Waals surface area contributed by atoms with Crippen molar-refractivity contribution in [2.24, 2.45) is 0 Å². The molecular formula is C10H8N4. The van der Waals surface area contributed by atoms with E-state index < -0.39 is 0 Å². The molecule has 1 N–H and O–H groups in total. The molecule has 2 aromatic heterocycles. The van der Waals surface area contributed by atoms with Crippen LogP contribution in [0.3, 0.4) is 0 Å². The van der Waals surface area contributed by atoms with Crippen molar-refractivity contribution in [3.8, 4) is 6.07 Å². The number of nitrogens with one attached hydrogen (secondary N) is 1. The molecule has 0 aromatic carbocycles. The standard InChI is InChI=1S/C10H8N4/c11-5-9(8-1-3-12-6-8)10-2-4-13-7-14-10/h1-4,6-7,9,12H. The zero-order valence-electron chi connectivity index (χ0n) is 7.38. The van der Waals surface area contributed by atoms with E-state index in [1.54, 1.807) is 24.7 Å². The summed E-state index contributed by atoms with van der Waals surface area (Å²) in [4.78, 5) is 10.8. The topological polar surface area (TPSA) is 65.4 Å². The highest BCUT2D eigenvalue weighted by Gasteiger charge is 2.14. The van der Waals surface area contributed by atoms with Crippen molar-refractivity contribution in [1.82, 2.24) is 15.0 Å². The molecule has 1 unspecified atom stereocenters. The Labute approximate surface area is 81.3 Å². The minimum absolute atomic E-state index is 0.316. The third-order valence-corrected chi connectivity index (χ3v) is 1.99. The molecule has 0 aliphatic carbocycles. The summed E-state index contributed by atoms with van der Waals surface area (Å²) in [6, 6.07) is 5.83. The molecule has 0 aliphatic heterocycles. The summed E-state index contributed by atoms with van der Waals surface area (Å²) in [6.07, 6.45) is 6.68. The predicted octanol–water partition coefficient (Wildman–Crippen LogP) is 1.46. The number of rotatable bonds is 2. The molecular weight excluding hydrogens is 176 g/mol. The maximum atomic E-state index is 9.03. The lowest BCUT2D eigenvalue weighted by Crippen LogP contribution is -1.99. The fraction of sp³-hybridized carbons (Fsp3) is 0.100. The van der Waals surface area contributed by atoms with Crippen LogP contribution in [-0.4, -0.2) is 15.0 Å². The fourth-order valence-corrected chi connectivity index (χ4v) is 1.30. The van der Waals surface area contributed by atoms with Gasteiger partial charge in [0.2, 0.25) is 0 Å². The average Bonchev–Trinajstić information content (AvgIpc) is 2.74. The van der Waals surface area contributed by atoms with Gasteiger partial charge in [-0.25, -0.2) is 9.97 Å². The molecule has 2 heterocycles. The molecule has 0 bridgehead atoms. The molecule has 0 spiro atoms. The van der Waals surface area contributed by atoms with E-state index in [2.05, 4.69) is 21.0 Å². The Hall–Kier alpha value is -2.15. The molecule has 0 amide bonds. The summed E-state index contributed by atoms with van der Waals surface area (Å²) < 4.78 is 0. The Kier molecular flexibility index (Phi) is 2.24. The highest BCUT2D eigenvalue weighted by atomic mass is 14.8. The van der Waals surface area contributed by atoms with E-state index in [0.717, 1.165) is 11.3 Å². The van der Waals surface area contributed by atoms with Crippen LogP contribution >= 0.6 is 0 Å². The van der Waals surface area contributed by atoms with Crippen molar-refractivity contribution < 1.29 is 0 Å². The molecule has 2 aromatic rings. The average molecular weight is 184 g/mol. The molecule has 4 nitrogen and oxygen atoms in total. The van der Waals surface area contributed by atoms with Gasteiger partial charge in [-0.05, 0) is 17.7 Å². The van der Waals surface area contributed by atoms with Crippen molar-refractivity contribution in [1.29, 1.82) is 5.26 Å². The first-order valence-corrected chi connectivity index (χ1v) is 4.20. The summed E-state index contributed by atoms with van der Waals surface area (Å²) in [5.41, 5.74) is 1.65. The third-order valence-electron chi connectivity index (χ3n) is 1.99. The van der Waals surface area contributed by atoms with Crippen molar-refractivity contribution in [2.75, 3.05) is 0 Å². The van der Waals surface area contributed by atoms with E-state index in [-0.39, 0.29) is 5.92 Å². The van der Waals surface area contributed by atoms with Crippen molar-refractivity contribution in [2.45, 2.75) is 5.92 Å². The lowest BCUT2D eigenvalue weighted by molar-refractivity contribution is 0.945. The Bertz CT molecular complexity index is 427. The summed E-state index contributed by atoms with van der Waals surface area (Å²) in [5, 5.41) is 9.03. The Morgan fingerprint density at radius 2 is 2.36 bits per heavy atom. The van der Waals surface area contributed by atoms with Crippen LogP contribution in [-0.2, 0) is 0 Å². The Morgan fingerprint density at radius 1 is 1.43 bits per heavy atom. The summed E-state index contributed by atoms with van der Waals surface area (Å²) in [7, 11) is 0. The molecule has 0 aliphatic rings. The SMILES string of the molecule is N#CC(c1cc[nH]c1)c1ccncn1. The second kappa shape index (κ2) is 3.71. The van der Waals surface area contributed by atoms with Crippen LogP contribution in [0.25, 0.3) is 0 Å². The molecule has 0 fully saturated rings. The lowest BCUT2D eigenvalue weighted by atomic mass is 10.0. The predicted molar refractivity (Wildman–Crippen MR) is 50.3 cm³/mol. The van der Waals surface area contributed by atoms with Gasteiger partial charge in [0.15, 0.2) is 0 Å². The van der Waals surface area contributed by atoms with Crippen molar-refractivity contribution in [3.05, 3.63) is 48.3 Å². The van der Waals surface area contributed by atoms with Crippen LogP contribution in [0, 0.1) is 11.3 Å². The second-order valence-corrected chi connectivity index (χ2v) is 2.84. The maximum absolute atomic E-state index is 9.03. The van der Waals surface area contributed by atoms with Crippen molar-refractivity contribution >= 4 is 0 Å². The lowest BCUT2D eigenvalue weighted by Gasteiger charge is -2.04. The largest absolute Gasteiger partial charge is 0.367 e. The van der Waals surface area contributed by atoms with Crippen LogP contribution in [0.2, 0.25) is 0 Å². The van der Waals surface area contributed by atoms with Crippen LogP contribution in [0.4, 0.5) is 0 Å². The number of aromatic nitrogens is 3. The molecule has 4 heteroatoms. The molecule has 1 atom stereocenters.